The van der Waals surface area contributed by atoms with Gasteiger partial charge < -0.3 is 10.1 Å². The second-order valence-corrected chi connectivity index (χ2v) is 3.03. The molecule has 0 unspecified atom stereocenters. The summed E-state index contributed by atoms with van der Waals surface area (Å²) in [5, 5.41) is 2.68. The summed E-state index contributed by atoms with van der Waals surface area (Å²) in [6, 6.07) is 0.119. The average molecular weight is 247 g/mol. The van der Waals surface area contributed by atoms with Crippen molar-refractivity contribution in [3.05, 3.63) is 29.3 Å². The Morgan fingerprint density at radius 2 is 1.76 bits per heavy atom. The highest BCUT2D eigenvalue weighted by molar-refractivity contribution is 5.28. The summed E-state index contributed by atoms with van der Waals surface area (Å²) >= 11 is 0. The van der Waals surface area contributed by atoms with E-state index in [0.29, 0.717) is 0 Å². The average Bonchev–Trinajstić information content (AvgIpc) is 2.30. The number of benzene rings is 1. The molecule has 1 aromatic rings. The fourth-order valence-corrected chi connectivity index (χ4v) is 1.06. The van der Waals surface area contributed by atoms with Crippen LogP contribution in [0.25, 0.3) is 0 Å². The number of hydrogen-bond acceptors (Lipinski definition) is 2. The third-order valence-electron chi connectivity index (χ3n) is 1.82. The summed E-state index contributed by atoms with van der Waals surface area (Å²) in [4.78, 5) is 0. The largest absolute Gasteiger partial charge is 0.486 e. The predicted molar refractivity (Wildman–Crippen MR) is 53.5 cm³/mol. The zero-order valence-corrected chi connectivity index (χ0v) is 8.70. The van der Waals surface area contributed by atoms with Gasteiger partial charge in [-0.15, -0.1) is 6.42 Å². The minimum Gasteiger partial charge on any atom is -0.486 e. The van der Waals surface area contributed by atoms with Crippen LogP contribution in [0.1, 0.15) is 0 Å². The molecule has 0 aliphatic heterocycles. The lowest BCUT2D eigenvalue weighted by Crippen LogP contribution is -2.21. The fraction of sp³-hybridized carbons (Fsp3) is 0.273. The van der Waals surface area contributed by atoms with Gasteiger partial charge in [0.2, 0.25) is 11.6 Å². The van der Waals surface area contributed by atoms with E-state index < -0.39 is 29.0 Å². The number of ether oxygens (including phenoxy) is 1. The van der Waals surface area contributed by atoms with E-state index in [4.69, 9.17) is 6.42 Å². The van der Waals surface area contributed by atoms with Gasteiger partial charge in [-0.3, -0.25) is 0 Å². The third kappa shape index (κ3) is 3.36. The maximum Gasteiger partial charge on any atom is 0.203 e. The molecule has 0 aliphatic rings. The Kier molecular flexibility index (Phi) is 4.79. The molecule has 0 radical (unpaired) electrons. The van der Waals surface area contributed by atoms with Gasteiger partial charge in [0.05, 0.1) is 6.54 Å². The number of nitrogens with one attached hydrogen (secondary N) is 1. The number of halogens is 4. The molecule has 1 rings (SSSR count). The van der Waals surface area contributed by atoms with Crippen LogP contribution in [0.4, 0.5) is 17.6 Å². The van der Waals surface area contributed by atoms with Crippen molar-refractivity contribution in [3.8, 4) is 18.1 Å². The zero-order chi connectivity index (χ0) is 12.8. The second-order valence-electron chi connectivity index (χ2n) is 3.03. The van der Waals surface area contributed by atoms with Gasteiger partial charge in [-0.2, -0.15) is 8.78 Å². The molecule has 0 saturated heterocycles. The van der Waals surface area contributed by atoms with E-state index in [1.165, 1.54) is 0 Å². The Bertz CT molecular complexity index is 416. The van der Waals surface area contributed by atoms with Crippen molar-refractivity contribution in [2.24, 2.45) is 0 Å². The Morgan fingerprint density at radius 1 is 1.18 bits per heavy atom. The van der Waals surface area contributed by atoms with Crippen LogP contribution in [0.2, 0.25) is 0 Å². The van der Waals surface area contributed by atoms with Crippen molar-refractivity contribution in [1.29, 1.82) is 0 Å². The van der Waals surface area contributed by atoms with Crippen LogP contribution >= 0.6 is 0 Å². The molecule has 1 aromatic carbocycles. The standard InChI is InChI=1S/C11H9F4NO/c1-2-3-16-4-5-17-11-9(14)7(12)6-8(13)10(11)15/h1,6,16H,3-5H2. The highest BCUT2D eigenvalue weighted by atomic mass is 19.2. The van der Waals surface area contributed by atoms with Gasteiger partial charge in [-0.05, 0) is 0 Å². The van der Waals surface area contributed by atoms with E-state index >= 15 is 0 Å². The summed E-state index contributed by atoms with van der Waals surface area (Å²) in [6.45, 7) is 0.283. The van der Waals surface area contributed by atoms with Crippen LogP contribution < -0.4 is 10.1 Å². The first kappa shape index (κ1) is 13.3. The Hall–Kier alpha value is -1.74. The first-order valence-electron chi connectivity index (χ1n) is 4.68. The maximum atomic E-state index is 13.1. The topological polar surface area (TPSA) is 21.3 Å². The highest BCUT2D eigenvalue weighted by Crippen LogP contribution is 2.26. The SMILES string of the molecule is C#CCNCCOc1c(F)c(F)cc(F)c1F. The monoisotopic (exact) mass is 247 g/mol. The van der Waals surface area contributed by atoms with Crippen LogP contribution in [0, 0.1) is 35.6 Å². The molecule has 92 valence electrons. The smallest absolute Gasteiger partial charge is 0.203 e. The van der Waals surface area contributed by atoms with Crippen molar-refractivity contribution in [2.45, 2.75) is 0 Å². The summed E-state index contributed by atoms with van der Waals surface area (Å²) in [6.07, 6.45) is 4.94. The quantitative estimate of drug-likeness (QED) is 0.371. The van der Waals surface area contributed by atoms with Crippen molar-refractivity contribution in [1.82, 2.24) is 5.32 Å². The van der Waals surface area contributed by atoms with Gasteiger partial charge in [0.15, 0.2) is 17.4 Å². The van der Waals surface area contributed by atoms with Crippen molar-refractivity contribution < 1.29 is 22.3 Å². The molecule has 0 heterocycles. The molecule has 0 aliphatic carbocycles. The first-order chi connectivity index (χ1) is 8.07. The van der Waals surface area contributed by atoms with E-state index in [9.17, 15) is 17.6 Å². The summed E-state index contributed by atoms with van der Waals surface area (Å²) in [5.74, 6) is -4.91. The molecular weight excluding hydrogens is 238 g/mol. The Labute approximate surface area is 95.6 Å². The first-order valence-corrected chi connectivity index (χ1v) is 4.68. The summed E-state index contributed by atoms with van der Waals surface area (Å²) in [7, 11) is 0. The molecule has 0 spiro atoms. The molecule has 0 fully saturated rings. The van der Waals surface area contributed by atoms with Crippen LogP contribution in [0.15, 0.2) is 6.07 Å². The maximum absolute atomic E-state index is 13.1. The number of terminal acetylenes is 1. The lowest BCUT2D eigenvalue weighted by molar-refractivity contribution is 0.272. The third-order valence-corrected chi connectivity index (χ3v) is 1.82. The molecule has 0 bridgehead atoms. The van der Waals surface area contributed by atoms with Crippen molar-refractivity contribution in [3.63, 3.8) is 0 Å². The molecule has 0 amide bonds. The zero-order valence-electron chi connectivity index (χ0n) is 8.70. The lowest BCUT2D eigenvalue weighted by Gasteiger charge is -2.09. The minimum atomic E-state index is -1.55. The molecule has 0 aromatic heterocycles. The molecular formula is C11H9F4NO. The van der Waals surface area contributed by atoms with Gasteiger partial charge in [-0.25, -0.2) is 8.78 Å². The van der Waals surface area contributed by atoms with E-state index in [1.807, 2.05) is 0 Å². The Morgan fingerprint density at radius 3 is 2.29 bits per heavy atom. The normalized spacial score (nSPS) is 10.1. The molecule has 0 atom stereocenters. The van der Waals surface area contributed by atoms with Crippen LogP contribution in [-0.2, 0) is 0 Å². The van der Waals surface area contributed by atoms with E-state index in [0.717, 1.165) is 0 Å². The lowest BCUT2D eigenvalue weighted by atomic mass is 10.3. The van der Waals surface area contributed by atoms with Crippen LogP contribution in [0.5, 0.6) is 5.75 Å². The fourth-order valence-electron chi connectivity index (χ4n) is 1.06. The minimum absolute atomic E-state index is 0.119. The van der Waals surface area contributed by atoms with E-state index in [1.54, 1.807) is 0 Å². The van der Waals surface area contributed by atoms with Crippen molar-refractivity contribution in [2.75, 3.05) is 19.7 Å². The number of rotatable bonds is 5. The predicted octanol–water partition coefficient (Wildman–Crippen LogP) is 1.84. The summed E-state index contributed by atoms with van der Waals surface area (Å²) < 4.78 is 56.2. The molecule has 0 saturated carbocycles. The van der Waals surface area contributed by atoms with Crippen molar-refractivity contribution >= 4 is 0 Å². The van der Waals surface area contributed by atoms with Gasteiger partial charge in [-0.1, -0.05) is 5.92 Å². The van der Waals surface area contributed by atoms with Gasteiger partial charge in [0.1, 0.15) is 6.61 Å². The Balaban J connectivity index is 2.68. The molecule has 2 nitrogen and oxygen atoms in total. The molecule has 17 heavy (non-hydrogen) atoms. The summed E-state index contributed by atoms with van der Waals surface area (Å²) in [5.41, 5.74) is 0. The van der Waals surface area contributed by atoms with Crippen LogP contribution in [0.3, 0.4) is 0 Å². The molecule has 6 heteroatoms. The second kappa shape index (κ2) is 6.11. The van der Waals surface area contributed by atoms with E-state index in [-0.39, 0.29) is 25.8 Å². The van der Waals surface area contributed by atoms with E-state index in [2.05, 4.69) is 16.0 Å². The van der Waals surface area contributed by atoms with Crippen LogP contribution in [-0.4, -0.2) is 19.7 Å². The molecule has 1 N–H and O–H groups in total. The van der Waals surface area contributed by atoms with Gasteiger partial charge in [0.25, 0.3) is 0 Å². The van der Waals surface area contributed by atoms with Gasteiger partial charge in [0, 0.05) is 12.6 Å². The van der Waals surface area contributed by atoms with Gasteiger partial charge >= 0.3 is 0 Å². The number of hydrogen-bond donors (Lipinski definition) is 1. The highest BCUT2D eigenvalue weighted by Gasteiger charge is 2.20.